The van der Waals surface area contributed by atoms with Crippen molar-refractivity contribution in [2.45, 2.75) is 0 Å². The molecule has 0 radical (unpaired) electrons. The molecule has 0 heterocycles. The van der Waals surface area contributed by atoms with Gasteiger partial charge in [-0.05, 0) is 76.5 Å². The van der Waals surface area contributed by atoms with Crippen LogP contribution in [0.3, 0.4) is 0 Å². The van der Waals surface area contributed by atoms with Gasteiger partial charge in [0, 0.05) is 45.2 Å². The van der Waals surface area contributed by atoms with Gasteiger partial charge in [0.15, 0.2) is 0 Å². The molecule has 0 unspecified atom stereocenters. The normalized spacial score (nSPS) is 11.4. The summed E-state index contributed by atoms with van der Waals surface area (Å²) >= 11 is 0. The molecular formula is C49H36N2. The van der Waals surface area contributed by atoms with Crippen LogP contribution in [0.25, 0.3) is 43.4 Å². The molecule has 242 valence electrons. The first-order chi connectivity index (χ1) is 25.3. The van der Waals surface area contributed by atoms with Gasteiger partial charge in [0.25, 0.3) is 0 Å². The van der Waals surface area contributed by atoms with Gasteiger partial charge in [0.05, 0.1) is 11.4 Å². The van der Waals surface area contributed by atoms with Crippen molar-refractivity contribution >= 4 is 60.8 Å². The molecule has 0 aliphatic heterocycles. The Balaban J connectivity index is 1.47. The van der Waals surface area contributed by atoms with Crippen molar-refractivity contribution in [1.82, 2.24) is 0 Å². The second-order valence-corrected chi connectivity index (χ2v) is 12.5. The van der Waals surface area contributed by atoms with Gasteiger partial charge in [-0.1, -0.05) is 152 Å². The molecule has 0 bridgehead atoms. The highest BCUT2D eigenvalue weighted by Gasteiger charge is 2.24. The highest BCUT2D eigenvalue weighted by atomic mass is 15.2. The van der Waals surface area contributed by atoms with Crippen LogP contribution in [0.4, 0.5) is 28.4 Å². The van der Waals surface area contributed by atoms with Crippen LogP contribution in [-0.4, -0.2) is 6.54 Å². The molecule has 0 N–H and O–H groups in total. The molecule has 0 aliphatic carbocycles. The Kier molecular flexibility index (Phi) is 8.85. The van der Waals surface area contributed by atoms with Crippen molar-refractivity contribution in [1.29, 1.82) is 0 Å². The summed E-state index contributed by atoms with van der Waals surface area (Å²) in [6.45, 7) is 0.658. The molecule has 0 spiro atoms. The third-order valence-corrected chi connectivity index (χ3v) is 9.37. The lowest BCUT2D eigenvalue weighted by Crippen LogP contribution is -2.19. The Morgan fingerprint density at radius 2 is 0.980 bits per heavy atom. The van der Waals surface area contributed by atoms with E-state index in [2.05, 4.69) is 198 Å². The SMILES string of the molecule is C#C/C=C\C=C/CN(c1ccccc1)c1c2ccccc2c(N(c2ccccc2)c2ccccc2)c2cc(-c3ccc4ccccc4c3)ccc12. The van der Waals surface area contributed by atoms with E-state index in [1.165, 1.54) is 43.4 Å². The molecule has 8 rings (SSSR count). The van der Waals surface area contributed by atoms with Crippen molar-refractivity contribution in [3.63, 3.8) is 0 Å². The Bertz CT molecular complexity index is 2520. The molecule has 2 heteroatoms. The van der Waals surface area contributed by atoms with E-state index in [-0.39, 0.29) is 0 Å². The Labute approximate surface area is 299 Å². The quantitative estimate of drug-likeness (QED) is 0.0663. The summed E-state index contributed by atoms with van der Waals surface area (Å²) in [5.41, 5.74) is 7.97. The van der Waals surface area contributed by atoms with Crippen LogP contribution in [0.2, 0.25) is 0 Å². The number of nitrogens with zero attached hydrogens (tertiary/aromatic N) is 2. The van der Waals surface area contributed by atoms with Crippen molar-refractivity contribution in [3.05, 3.63) is 200 Å². The first-order valence-electron chi connectivity index (χ1n) is 17.3. The molecule has 2 nitrogen and oxygen atoms in total. The average Bonchev–Trinajstić information content (AvgIpc) is 3.20. The summed E-state index contributed by atoms with van der Waals surface area (Å²) in [6, 6.07) is 63.2. The molecular weight excluding hydrogens is 617 g/mol. The van der Waals surface area contributed by atoms with E-state index in [1.54, 1.807) is 6.08 Å². The van der Waals surface area contributed by atoms with E-state index in [0.29, 0.717) is 6.54 Å². The van der Waals surface area contributed by atoms with Gasteiger partial charge < -0.3 is 9.80 Å². The van der Waals surface area contributed by atoms with Crippen LogP contribution in [0, 0.1) is 12.3 Å². The number of benzene rings is 8. The fourth-order valence-corrected chi connectivity index (χ4v) is 7.06. The number of para-hydroxylation sites is 3. The maximum atomic E-state index is 5.50. The molecule has 8 aromatic carbocycles. The zero-order valence-electron chi connectivity index (χ0n) is 28.2. The van der Waals surface area contributed by atoms with E-state index in [4.69, 9.17) is 6.42 Å². The maximum Gasteiger partial charge on any atom is 0.0620 e. The monoisotopic (exact) mass is 652 g/mol. The first-order valence-corrected chi connectivity index (χ1v) is 17.3. The Hall–Kier alpha value is -6.82. The summed E-state index contributed by atoms with van der Waals surface area (Å²) in [7, 11) is 0. The summed E-state index contributed by atoms with van der Waals surface area (Å²) in [5, 5.41) is 7.14. The minimum absolute atomic E-state index is 0.658. The van der Waals surface area contributed by atoms with Crippen molar-refractivity contribution in [2.24, 2.45) is 0 Å². The number of terminal acetylenes is 1. The predicted octanol–water partition coefficient (Wildman–Crippen LogP) is 13.2. The Morgan fingerprint density at radius 3 is 1.65 bits per heavy atom. The fourth-order valence-electron chi connectivity index (χ4n) is 7.06. The van der Waals surface area contributed by atoms with Crippen LogP contribution in [0.5, 0.6) is 0 Å². The Morgan fingerprint density at radius 1 is 0.451 bits per heavy atom. The standard InChI is InChI=1S/C49H36N2/c1-2-3-4-5-19-34-50(41-22-9-6-10-23-41)48-44-28-17-18-29-45(44)49(51(42-24-11-7-12-25-42)43-26-13-8-14-27-43)47-36-40(32-33-46(47)48)39-31-30-37-20-15-16-21-38(37)35-39/h1,3-33,35-36H,34H2/b4-3-,19-5-. The molecule has 0 saturated carbocycles. The van der Waals surface area contributed by atoms with Crippen molar-refractivity contribution < 1.29 is 0 Å². The number of hydrogen-bond donors (Lipinski definition) is 0. The molecule has 0 fully saturated rings. The van der Waals surface area contributed by atoms with E-state index in [9.17, 15) is 0 Å². The van der Waals surface area contributed by atoms with Crippen LogP contribution in [0.15, 0.2) is 200 Å². The topological polar surface area (TPSA) is 6.48 Å². The highest BCUT2D eigenvalue weighted by molar-refractivity contribution is 6.23. The van der Waals surface area contributed by atoms with E-state index >= 15 is 0 Å². The number of anilines is 5. The molecule has 8 aromatic rings. The number of fused-ring (bicyclic) bond motifs is 3. The third kappa shape index (κ3) is 6.26. The van der Waals surface area contributed by atoms with Crippen LogP contribution in [0.1, 0.15) is 0 Å². The molecule has 51 heavy (non-hydrogen) atoms. The molecule has 0 aliphatic rings. The van der Waals surface area contributed by atoms with Gasteiger partial charge in [-0.25, -0.2) is 0 Å². The lowest BCUT2D eigenvalue weighted by Gasteiger charge is -2.32. The second-order valence-electron chi connectivity index (χ2n) is 12.5. The number of rotatable bonds is 9. The van der Waals surface area contributed by atoms with Gasteiger partial charge >= 0.3 is 0 Å². The van der Waals surface area contributed by atoms with Gasteiger partial charge in [-0.3, -0.25) is 0 Å². The minimum Gasteiger partial charge on any atom is -0.337 e. The van der Waals surface area contributed by atoms with Crippen LogP contribution >= 0.6 is 0 Å². The highest BCUT2D eigenvalue weighted by Crippen LogP contribution is 2.50. The average molecular weight is 653 g/mol. The maximum absolute atomic E-state index is 5.50. The summed E-state index contributed by atoms with van der Waals surface area (Å²) in [6.07, 6.45) is 13.3. The third-order valence-electron chi connectivity index (χ3n) is 9.37. The zero-order chi connectivity index (χ0) is 34.4. The van der Waals surface area contributed by atoms with Crippen LogP contribution in [-0.2, 0) is 0 Å². The lowest BCUT2D eigenvalue weighted by molar-refractivity contribution is 1.11. The molecule has 0 amide bonds. The predicted molar refractivity (Wildman–Crippen MR) is 220 cm³/mol. The van der Waals surface area contributed by atoms with Crippen molar-refractivity contribution in [3.8, 4) is 23.5 Å². The van der Waals surface area contributed by atoms with Gasteiger partial charge in [-0.15, -0.1) is 6.42 Å². The smallest absolute Gasteiger partial charge is 0.0620 e. The molecule has 0 saturated heterocycles. The van der Waals surface area contributed by atoms with E-state index in [0.717, 1.165) is 28.4 Å². The summed E-state index contributed by atoms with van der Waals surface area (Å²) in [4.78, 5) is 4.83. The first kappa shape index (κ1) is 31.4. The molecule has 0 atom stereocenters. The van der Waals surface area contributed by atoms with Gasteiger partial charge in [0.1, 0.15) is 0 Å². The zero-order valence-corrected chi connectivity index (χ0v) is 28.2. The summed E-state index contributed by atoms with van der Waals surface area (Å²) in [5.74, 6) is 2.59. The largest absolute Gasteiger partial charge is 0.337 e. The van der Waals surface area contributed by atoms with E-state index in [1.807, 2.05) is 12.2 Å². The van der Waals surface area contributed by atoms with Crippen molar-refractivity contribution in [2.75, 3.05) is 16.3 Å². The fraction of sp³-hybridized carbons (Fsp3) is 0.0204. The van der Waals surface area contributed by atoms with E-state index < -0.39 is 0 Å². The lowest BCUT2D eigenvalue weighted by atomic mass is 9.92. The second kappa shape index (κ2) is 14.3. The minimum atomic E-state index is 0.658. The number of hydrogen-bond acceptors (Lipinski definition) is 2. The number of allylic oxidation sites excluding steroid dienone is 3. The van der Waals surface area contributed by atoms with Crippen LogP contribution < -0.4 is 9.80 Å². The molecule has 0 aromatic heterocycles. The van der Waals surface area contributed by atoms with Gasteiger partial charge in [-0.2, -0.15) is 0 Å². The van der Waals surface area contributed by atoms with Gasteiger partial charge in [0.2, 0.25) is 0 Å². The summed E-state index contributed by atoms with van der Waals surface area (Å²) < 4.78 is 0.